The predicted octanol–water partition coefficient (Wildman–Crippen LogP) is 1.64. The van der Waals surface area contributed by atoms with Crippen molar-refractivity contribution in [3.8, 4) is 0 Å². The minimum Gasteiger partial charge on any atom is -0.376 e. The van der Waals surface area contributed by atoms with Crippen LogP contribution in [0.1, 0.15) is 37.9 Å². The molecule has 0 radical (unpaired) electrons. The van der Waals surface area contributed by atoms with Crippen LogP contribution in [0.15, 0.2) is 12.3 Å². The Kier molecular flexibility index (Phi) is 3.30. The van der Waals surface area contributed by atoms with Crippen LogP contribution in [-0.2, 0) is 11.8 Å². The van der Waals surface area contributed by atoms with Gasteiger partial charge in [0.15, 0.2) is 0 Å². The minimum atomic E-state index is -0.0373. The summed E-state index contributed by atoms with van der Waals surface area (Å²) in [5.74, 6) is 0. The molecule has 1 aliphatic carbocycles. The monoisotopic (exact) mass is 223 g/mol. The smallest absolute Gasteiger partial charge is 0.0888 e. The van der Waals surface area contributed by atoms with E-state index in [4.69, 9.17) is 4.74 Å². The second-order valence-electron chi connectivity index (χ2n) is 4.53. The molecule has 0 spiro atoms. The Labute approximate surface area is 97.0 Å². The van der Waals surface area contributed by atoms with Crippen molar-refractivity contribution < 1.29 is 4.74 Å². The topological polar surface area (TPSA) is 39.1 Å². The molecule has 1 fully saturated rings. The quantitative estimate of drug-likeness (QED) is 0.825. The van der Waals surface area contributed by atoms with Crippen LogP contribution in [0.2, 0.25) is 0 Å². The third kappa shape index (κ3) is 1.87. The third-order valence-corrected chi connectivity index (χ3v) is 3.57. The molecule has 0 aromatic carbocycles. The first-order valence-electron chi connectivity index (χ1n) is 6.00. The van der Waals surface area contributed by atoms with Gasteiger partial charge >= 0.3 is 0 Å². The van der Waals surface area contributed by atoms with Crippen LogP contribution in [0.3, 0.4) is 0 Å². The summed E-state index contributed by atoms with van der Waals surface area (Å²) in [6.45, 7) is 3.06. The second-order valence-corrected chi connectivity index (χ2v) is 4.53. The number of aromatic nitrogens is 2. The standard InChI is InChI=1S/C12H21N3O/c1-4-13-11(10-6-9-15(2)14-10)12(16-3)7-5-8-12/h6,9,11,13H,4-5,7-8H2,1-3H3. The number of aryl methyl sites for hydroxylation is 1. The maximum absolute atomic E-state index is 5.74. The summed E-state index contributed by atoms with van der Waals surface area (Å²) in [6.07, 6.45) is 5.49. The normalized spacial score (nSPS) is 20.4. The van der Waals surface area contributed by atoms with Crippen molar-refractivity contribution in [3.05, 3.63) is 18.0 Å². The van der Waals surface area contributed by atoms with Crippen molar-refractivity contribution >= 4 is 0 Å². The number of likely N-dealkylation sites (N-methyl/N-ethyl adjacent to an activating group) is 1. The van der Waals surface area contributed by atoms with Gasteiger partial charge in [0.25, 0.3) is 0 Å². The van der Waals surface area contributed by atoms with E-state index >= 15 is 0 Å². The fourth-order valence-electron chi connectivity index (χ4n) is 2.49. The Morgan fingerprint density at radius 1 is 1.62 bits per heavy atom. The van der Waals surface area contributed by atoms with Gasteiger partial charge in [0.05, 0.1) is 17.3 Å². The van der Waals surface area contributed by atoms with Crippen LogP contribution in [0.5, 0.6) is 0 Å². The lowest BCUT2D eigenvalue weighted by Crippen LogP contribution is -2.50. The molecule has 4 nitrogen and oxygen atoms in total. The summed E-state index contributed by atoms with van der Waals surface area (Å²) in [7, 11) is 3.76. The van der Waals surface area contributed by atoms with Gasteiger partial charge in [-0.25, -0.2) is 0 Å². The van der Waals surface area contributed by atoms with Crippen molar-refractivity contribution in [2.75, 3.05) is 13.7 Å². The van der Waals surface area contributed by atoms with Crippen LogP contribution >= 0.6 is 0 Å². The molecule has 16 heavy (non-hydrogen) atoms. The number of rotatable bonds is 5. The number of nitrogens with zero attached hydrogens (tertiary/aromatic N) is 2. The van der Waals surface area contributed by atoms with Crippen LogP contribution < -0.4 is 5.32 Å². The summed E-state index contributed by atoms with van der Waals surface area (Å²) in [6, 6.07) is 2.30. The number of ether oxygens (including phenoxy) is 1. The highest BCUT2D eigenvalue weighted by Crippen LogP contribution is 2.44. The van der Waals surface area contributed by atoms with E-state index in [9.17, 15) is 0 Å². The molecular formula is C12H21N3O. The molecular weight excluding hydrogens is 202 g/mol. The highest BCUT2D eigenvalue weighted by Gasteiger charge is 2.45. The molecule has 0 amide bonds. The maximum atomic E-state index is 5.74. The number of hydrogen-bond acceptors (Lipinski definition) is 3. The van der Waals surface area contributed by atoms with Crippen LogP contribution in [0, 0.1) is 0 Å². The number of methoxy groups -OCH3 is 1. The molecule has 1 N–H and O–H groups in total. The van der Waals surface area contributed by atoms with Gasteiger partial charge in [-0.2, -0.15) is 5.10 Å². The summed E-state index contributed by atoms with van der Waals surface area (Å²) in [4.78, 5) is 0. The lowest BCUT2D eigenvalue weighted by Gasteiger charge is -2.46. The summed E-state index contributed by atoms with van der Waals surface area (Å²) >= 11 is 0. The minimum absolute atomic E-state index is 0.0373. The zero-order chi connectivity index (χ0) is 11.6. The van der Waals surface area contributed by atoms with Gasteiger partial charge in [-0.05, 0) is 31.9 Å². The molecule has 2 rings (SSSR count). The first-order valence-corrected chi connectivity index (χ1v) is 6.00. The lowest BCUT2D eigenvalue weighted by atomic mass is 9.73. The molecule has 1 unspecified atom stereocenters. The van der Waals surface area contributed by atoms with Gasteiger partial charge < -0.3 is 10.1 Å². The van der Waals surface area contributed by atoms with Crippen molar-refractivity contribution in [1.82, 2.24) is 15.1 Å². The van der Waals surface area contributed by atoms with E-state index in [0.717, 1.165) is 25.1 Å². The van der Waals surface area contributed by atoms with E-state index in [1.54, 1.807) is 0 Å². The van der Waals surface area contributed by atoms with Gasteiger partial charge in [-0.15, -0.1) is 0 Å². The molecule has 1 saturated carbocycles. The Bertz CT molecular complexity index is 338. The van der Waals surface area contributed by atoms with Crippen molar-refractivity contribution in [3.63, 3.8) is 0 Å². The Morgan fingerprint density at radius 3 is 2.75 bits per heavy atom. The molecule has 4 heteroatoms. The second kappa shape index (κ2) is 4.55. The van der Waals surface area contributed by atoms with E-state index in [0.29, 0.717) is 0 Å². The Hall–Kier alpha value is -0.870. The van der Waals surface area contributed by atoms with Crippen LogP contribution in [0.4, 0.5) is 0 Å². The SMILES string of the molecule is CCNC(c1ccn(C)n1)C1(OC)CCC1. The van der Waals surface area contributed by atoms with E-state index in [-0.39, 0.29) is 11.6 Å². The summed E-state index contributed by atoms with van der Waals surface area (Å²) < 4.78 is 7.59. The van der Waals surface area contributed by atoms with Gasteiger partial charge in [0, 0.05) is 20.4 Å². The van der Waals surface area contributed by atoms with Crippen LogP contribution in [-0.4, -0.2) is 29.0 Å². The van der Waals surface area contributed by atoms with Crippen molar-refractivity contribution in [2.45, 2.75) is 37.8 Å². The Morgan fingerprint density at radius 2 is 2.38 bits per heavy atom. The van der Waals surface area contributed by atoms with E-state index in [1.165, 1.54) is 6.42 Å². The molecule has 1 aliphatic rings. The predicted molar refractivity (Wildman–Crippen MR) is 63.2 cm³/mol. The van der Waals surface area contributed by atoms with Crippen LogP contribution in [0.25, 0.3) is 0 Å². The van der Waals surface area contributed by atoms with Gasteiger partial charge in [0.2, 0.25) is 0 Å². The molecule has 1 heterocycles. The summed E-state index contributed by atoms with van der Waals surface area (Å²) in [5, 5.41) is 8.00. The molecule has 1 aromatic rings. The highest BCUT2D eigenvalue weighted by atomic mass is 16.5. The highest BCUT2D eigenvalue weighted by molar-refractivity contribution is 5.15. The van der Waals surface area contributed by atoms with Crippen molar-refractivity contribution in [1.29, 1.82) is 0 Å². The molecule has 1 aromatic heterocycles. The average molecular weight is 223 g/mol. The van der Waals surface area contributed by atoms with Gasteiger partial charge in [-0.3, -0.25) is 4.68 Å². The van der Waals surface area contributed by atoms with Crippen molar-refractivity contribution in [2.24, 2.45) is 7.05 Å². The first-order chi connectivity index (χ1) is 7.72. The molecule has 0 saturated heterocycles. The third-order valence-electron chi connectivity index (χ3n) is 3.57. The maximum Gasteiger partial charge on any atom is 0.0888 e. The number of hydrogen-bond donors (Lipinski definition) is 1. The van der Waals surface area contributed by atoms with E-state index in [2.05, 4.69) is 23.4 Å². The zero-order valence-electron chi connectivity index (χ0n) is 10.4. The number of nitrogens with one attached hydrogen (secondary N) is 1. The summed E-state index contributed by atoms with van der Waals surface area (Å²) in [5.41, 5.74) is 1.05. The average Bonchev–Trinajstić information content (AvgIpc) is 2.62. The first kappa shape index (κ1) is 11.6. The lowest BCUT2D eigenvalue weighted by molar-refractivity contribution is -0.100. The van der Waals surface area contributed by atoms with Gasteiger partial charge in [-0.1, -0.05) is 6.92 Å². The molecule has 90 valence electrons. The molecule has 0 aliphatic heterocycles. The Balaban J connectivity index is 2.22. The fourth-order valence-corrected chi connectivity index (χ4v) is 2.49. The zero-order valence-corrected chi connectivity index (χ0v) is 10.4. The molecule has 0 bridgehead atoms. The van der Waals surface area contributed by atoms with E-state index in [1.807, 2.05) is 25.0 Å². The van der Waals surface area contributed by atoms with Gasteiger partial charge in [0.1, 0.15) is 0 Å². The molecule has 1 atom stereocenters. The fraction of sp³-hybridized carbons (Fsp3) is 0.750. The largest absolute Gasteiger partial charge is 0.376 e. The van der Waals surface area contributed by atoms with E-state index < -0.39 is 0 Å².